The van der Waals surface area contributed by atoms with Crippen LogP contribution in [0.2, 0.25) is 0 Å². The van der Waals surface area contributed by atoms with E-state index in [2.05, 4.69) is 152 Å². The fraction of sp³-hybridized carbons (Fsp3) is 0.0417. The minimum Gasteiger partial charge on any atom is -0.456 e. The van der Waals surface area contributed by atoms with E-state index in [4.69, 9.17) is 8.83 Å². The van der Waals surface area contributed by atoms with Gasteiger partial charge >= 0.3 is 0 Å². The number of para-hydroxylation sites is 1. The highest BCUT2D eigenvalue weighted by atomic mass is 16.3. The molecule has 2 heteroatoms. The van der Waals surface area contributed by atoms with Crippen molar-refractivity contribution >= 4 is 77.4 Å². The van der Waals surface area contributed by atoms with E-state index in [9.17, 15) is 0 Å². The van der Waals surface area contributed by atoms with Gasteiger partial charge in [-0.05, 0) is 103 Å². The van der Waals surface area contributed by atoms with Crippen LogP contribution in [0.3, 0.4) is 0 Å². The Hall–Kier alpha value is -6.38. The second-order valence-corrected chi connectivity index (χ2v) is 13.5. The topological polar surface area (TPSA) is 26.3 Å². The molecule has 11 rings (SSSR count). The van der Waals surface area contributed by atoms with E-state index in [-0.39, 0.29) is 5.92 Å². The van der Waals surface area contributed by atoms with Crippen LogP contribution in [0.4, 0.5) is 0 Å². The number of benzene rings is 8. The summed E-state index contributed by atoms with van der Waals surface area (Å²) in [6.45, 7) is 0. The van der Waals surface area contributed by atoms with E-state index in [1.807, 2.05) is 12.1 Å². The highest BCUT2D eigenvalue weighted by molar-refractivity contribution is 6.24. The number of fused-ring (bicyclic) bond motifs is 11. The molecule has 0 aliphatic heterocycles. The Morgan fingerprint density at radius 2 is 1.00 bits per heavy atom. The van der Waals surface area contributed by atoms with Crippen LogP contribution in [0.25, 0.3) is 99.6 Å². The van der Waals surface area contributed by atoms with Crippen LogP contribution >= 0.6 is 0 Å². The summed E-state index contributed by atoms with van der Waals surface area (Å²) in [6.07, 6.45) is 5.61. The van der Waals surface area contributed by atoms with E-state index >= 15 is 0 Å². The minimum atomic E-state index is 0.220. The van der Waals surface area contributed by atoms with Gasteiger partial charge in [-0.25, -0.2) is 0 Å². The summed E-state index contributed by atoms with van der Waals surface area (Å²) in [5, 5.41) is 12.2. The summed E-state index contributed by atoms with van der Waals surface area (Å²) in [4.78, 5) is 0. The Balaban J connectivity index is 1.11. The molecule has 10 aromatic rings. The maximum Gasteiger partial charge on any atom is 0.136 e. The molecule has 2 nitrogen and oxygen atoms in total. The van der Waals surface area contributed by atoms with Crippen molar-refractivity contribution in [3.8, 4) is 22.3 Å². The number of hydrogen-bond donors (Lipinski definition) is 0. The summed E-state index contributed by atoms with van der Waals surface area (Å²) in [5.41, 5.74) is 10.1. The van der Waals surface area contributed by atoms with Gasteiger partial charge in [-0.2, -0.15) is 0 Å². The molecule has 1 atom stereocenters. The second-order valence-electron chi connectivity index (χ2n) is 13.5. The summed E-state index contributed by atoms with van der Waals surface area (Å²) in [7, 11) is 0. The van der Waals surface area contributed by atoms with Crippen molar-refractivity contribution in [3.05, 3.63) is 168 Å². The molecule has 0 fully saturated rings. The minimum absolute atomic E-state index is 0.220. The van der Waals surface area contributed by atoms with Gasteiger partial charge in [0, 0.05) is 27.3 Å². The molecule has 1 unspecified atom stereocenters. The SMILES string of the molecule is C1=c2oc3ccc4c(ccc5oc6ccccc6c54)c3c2=CC(c2cccc(-c3c4ccccc4c(-c4ccccc4)c4ccccc34)c2)C1. The lowest BCUT2D eigenvalue weighted by Crippen LogP contribution is -2.25. The highest BCUT2D eigenvalue weighted by Crippen LogP contribution is 2.44. The van der Waals surface area contributed by atoms with Gasteiger partial charge < -0.3 is 8.83 Å². The van der Waals surface area contributed by atoms with Crippen molar-refractivity contribution in [2.45, 2.75) is 12.3 Å². The maximum absolute atomic E-state index is 6.49. The number of furan rings is 2. The van der Waals surface area contributed by atoms with Gasteiger partial charge in [-0.3, -0.25) is 0 Å². The Labute approximate surface area is 287 Å². The van der Waals surface area contributed by atoms with Crippen molar-refractivity contribution < 1.29 is 8.83 Å². The van der Waals surface area contributed by atoms with Crippen LogP contribution in [0, 0.1) is 0 Å². The van der Waals surface area contributed by atoms with E-state index in [0.717, 1.165) is 39.4 Å². The van der Waals surface area contributed by atoms with Crippen molar-refractivity contribution in [1.82, 2.24) is 0 Å². The van der Waals surface area contributed by atoms with Gasteiger partial charge in [-0.1, -0.05) is 127 Å². The molecule has 234 valence electrons. The number of rotatable bonds is 3. The first-order chi connectivity index (χ1) is 24.8. The molecular formula is C48H30O2. The first kappa shape index (κ1) is 27.6. The van der Waals surface area contributed by atoms with E-state index < -0.39 is 0 Å². The third kappa shape index (κ3) is 3.96. The molecule has 0 saturated heterocycles. The van der Waals surface area contributed by atoms with Crippen LogP contribution in [0.1, 0.15) is 17.9 Å². The van der Waals surface area contributed by atoms with Crippen molar-refractivity contribution in [2.75, 3.05) is 0 Å². The molecule has 0 amide bonds. The standard InChI is InChI=1S/C48H30O2/c1-2-11-29(12-3-1)45-33-15-4-6-17-35(33)46(36-18-7-5-16-34(36)45)32-14-10-13-30(27-32)31-21-24-42-40(28-31)48-38-23-25-43-47(37(38)22-26-44(48)50-42)39-19-8-9-20-41(39)49-43/h1-20,22-28,31H,21H2. The molecule has 50 heavy (non-hydrogen) atoms. The third-order valence-corrected chi connectivity index (χ3v) is 10.8. The maximum atomic E-state index is 6.49. The van der Waals surface area contributed by atoms with Crippen molar-refractivity contribution in [2.24, 2.45) is 0 Å². The fourth-order valence-corrected chi connectivity index (χ4v) is 8.60. The van der Waals surface area contributed by atoms with Gasteiger partial charge in [0.05, 0.1) is 0 Å². The Morgan fingerprint density at radius 3 is 1.72 bits per heavy atom. The lowest BCUT2D eigenvalue weighted by Gasteiger charge is -2.19. The quantitative estimate of drug-likeness (QED) is 0.180. The molecule has 8 aromatic carbocycles. The summed E-state index contributed by atoms with van der Waals surface area (Å²) in [5.74, 6) is 0.220. The smallest absolute Gasteiger partial charge is 0.136 e. The van der Waals surface area contributed by atoms with Gasteiger partial charge in [-0.15, -0.1) is 0 Å². The summed E-state index contributed by atoms with van der Waals surface area (Å²) >= 11 is 0. The molecule has 0 saturated carbocycles. The normalized spacial score (nSPS) is 14.4. The van der Waals surface area contributed by atoms with Gasteiger partial charge in [0.15, 0.2) is 0 Å². The lowest BCUT2D eigenvalue weighted by atomic mass is 9.84. The lowest BCUT2D eigenvalue weighted by molar-refractivity contribution is 0.570. The van der Waals surface area contributed by atoms with Gasteiger partial charge in [0.1, 0.15) is 22.2 Å². The summed E-state index contributed by atoms with van der Waals surface area (Å²) < 4.78 is 12.7. The molecule has 1 aliphatic carbocycles. The number of hydrogen-bond acceptors (Lipinski definition) is 2. The monoisotopic (exact) mass is 638 g/mol. The molecule has 0 bridgehead atoms. The third-order valence-electron chi connectivity index (χ3n) is 10.8. The van der Waals surface area contributed by atoms with Crippen LogP contribution in [0.15, 0.2) is 160 Å². The van der Waals surface area contributed by atoms with E-state index in [0.29, 0.717) is 0 Å². The zero-order chi connectivity index (χ0) is 32.8. The van der Waals surface area contributed by atoms with Crippen LogP contribution < -0.4 is 10.6 Å². The molecular weight excluding hydrogens is 609 g/mol. The van der Waals surface area contributed by atoms with E-state index in [1.165, 1.54) is 70.7 Å². The van der Waals surface area contributed by atoms with Crippen molar-refractivity contribution in [1.29, 1.82) is 0 Å². The Kier molecular flexibility index (Phi) is 5.82. The first-order valence-corrected chi connectivity index (χ1v) is 17.4. The average Bonchev–Trinajstić information content (AvgIpc) is 3.75. The second kappa shape index (κ2) is 10.6. The Bertz CT molecular complexity index is 3070. The molecule has 0 radical (unpaired) electrons. The average molecular weight is 639 g/mol. The largest absolute Gasteiger partial charge is 0.456 e. The molecule has 2 heterocycles. The van der Waals surface area contributed by atoms with Gasteiger partial charge in [0.2, 0.25) is 0 Å². The van der Waals surface area contributed by atoms with Crippen LogP contribution in [0.5, 0.6) is 0 Å². The fourth-order valence-electron chi connectivity index (χ4n) is 8.60. The van der Waals surface area contributed by atoms with E-state index in [1.54, 1.807) is 0 Å². The van der Waals surface area contributed by atoms with Crippen LogP contribution in [-0.4, -0.2) is 0 Å². The molecule has 2 aromatic heterocycles. The zero-order valence-corrected chi connectivity index (χ0v) is 27.2. The molecule has 1 aliphatic rings. The zero-order valence-electron chi connectivity index (χ0n) is 27.2. The molecule has 0 spiro atoms. The van der Waals surface area contributed by atoms with Crippen molar-refractivity contribution in [3.63, 3.8) is 0 Å². The first-order valence-electron chi connectivity index (χ1n) is 17.4. The molecule has 0 N–H and O–H groups in total. The van der Waals surface area contributed by atoms with Crippen LogP contribution in [-0.2, 0) is 0 Å². The highest BCUT2D eigenvalue weighted by Gasteiger charge is 2.20. The predicted octanol–water partition coefficient (Wildman–Crippen LogP) is 11.9. The Morgan fingerprint density at radius 1 is 0.420 bits per heavy atom. The summed E-state index contributed by atoms with van der Waals surface area (Å²) in [6, 6.07) is 54.7. The predicted molar refractivity (Wildman–Crippen MR) is 209 cm³/mol. The van der Waals surface area contributed by atoms with Gasteiger partial charge in [0.25, 0.3) is 0 Å².